The molecule has 0 aromatic carbocycles. The lowest BCUT2D eigenvalue weighted by atomic mass is 10.2. The van der Waals surface area contributed by atoms with Crippen LogP contribution in [0.3, 0.4) is 0 Å². The van der Waals surface area contributed by atoms with E-state index < -0.39 is 0 Å². The number of hydrogen-bond acceptors (Lipinski definition) is 4. The van der Waals surface area contributed by atoms with Gasteiger partial charge < -0.3 is 10.5 Å². The van der Waals surface area contributed by atoms with E-state index in [9.17, 15) is 4.79 Å². The van der Waals surface area contributed by atoms with Crippen molar-refractivity contribution in [2.45, 2.75) is 12.8 Å². The fourth-order valence-electron chi connectivity index (χ4n) is 1.11. The molecule has 0 atom stereocenters. The summed E-state index contributed by atoms with van der Waals surface area (Å²) in [6.07, 6.45) is 2.47. The van der Waals surface area contributed by atoms with E-state index in [4.69, 9.17) is 5.73 Å². The lowest BCUT2D eigenvalue weighted by Gasteiger charge is -2.01. The maximum absolute atomic E-state index is 10.8. The number of aryl methyl sites for hydroxylation is 1. The number of hydrogen-bond donors (Lipinski definition) is 1. The number of nitrogen functional groups attached to an aromatic ring is 1. The minimum atomic E-state index is -0.236. The Hall–Kier alpha value is -1.52. The van der Waals surface area contributed by atoms with Crippen LogP contribution in [0.5, 0.6) is 0 Å². The molecule has 5 nitrogen and oxygen atoms in total. The number of rotatable bonds is 3. The van der Waals surface area contributed by atoms with E-state index in [1.165, 1.54) is 7.11 Å². The summed E-state index contributed by atoms with van der Waals surface area (Å²) >= 11 is 0. The first kappa shape index (κ1) is 9.57. The topological polar surface area (TPSA) is 70.1 Å². The molecule has 0 aliphatic heterocycles. The van der Waals surface area contributed by atoms with Gasteiger partial charge >= 0.3 is 5.97 Å². The van der Waals surface area contributed by atoms with Gasteiger partial charge in [0.15, 0.2) is 0 Å². The summed E-state index contributed by atoms with van der Waals surface area (Å²) in [7, 11) is 3.16. The van der Waals surface area contributed by atoms with Crippen molar-refractivity contribution in [3.63, 3.8) is 0 Å². The van der Waals surface area contributed by atoms with Gasteiger partial charge in [0.2, 0.25) is 0 Å². The lowest BCUT2D eigenvalue weighted by molar-refractivity contribution is -0.140. The molecule has 0 aliphatic carbocycles. The number of methoxy groups -OCH3 is 1. The molecular weight excluding hydrogens is 170 g/mol. The van der Waals surface area contributed by atoms with Crippen LogP contribution < -0.4 is 5.73 Å². The van der Waals surface area contributed by atoms with Crippen LogP contribution in [0.1, 0.15) is 12.1 Å². The fraction of sp³-hybridized carbons (Fsp3) is 0.500. The molecule has 1 aromatic rings. The largest absolute Gasteiger partial charge is 0.469 e. The number of esters is 1. The van der Waals surface area contributed by atoms with E-state index in [1.54, 1.807) is 17.9 Å². The summed E-state index contributed by atoms with van der Waals surface area (Å²) in [4.78, 5) is 10.8. The van der Waals surface area contributed by atoms with Crippen molar-refractivity contribution in [3.8, 4) is 0 Å². The van der Waals surface area contributed by atoms with Crippen LogP contribution in [-0.4, -0.2) is 22.9 Å². The Bertz CT molecular complexity index is 287. The van der Waals surface area contributed by atoms with E-state index >= 15 is 0 Å². The predicted octanol–water partition coefficient (Wildman–Crippen LogP) is 0.108. The van der Waals surface area contributed by atoms with Gasteiger partial charge in [0, 0.05) is 13.5 Å². The molecule has 2 N–H and O–H groups in total. The number of carbonyl (C=O) groups excluding carboxylic acids is 1. The Morgan fingerprint density at radius 3 is 2.92 bits per heavy atom. The highest BCUT2D eigenvalue weighted by Crippen LogP contribution is 2.11. The maximum atomic E-state index is 10.8. The smallest absolute Gasteiger partial charge is 0.305 e. The Kier molecular flexibility index (Phi) is 2.89. The third kappa shape index (κ3) is 2.21. The summed E-state index contributed by atoms with van der Waals surface area (Å²) in [6.45, 7) is 0. The van der Waals surface area contributed by atoms with Gasteiger partial charge in [-0.05, 0) is 0 Å². The number of aromatic nitrogens is 2. The number of nitrogens with zero attached hydrogens (tertiary/aromatic N) is 2. The fourth-order valence-corrected chi connectivity index (χ4v) is 1.11. The van der Waals surface area contributed by atoms with Crippen LogP contribution in [-0.2, 0) is 23.0 Å². The van der Waals surface area contributed by atoms with E-state index in [-0.39, 0.29) is 5.97 Å². The molecule has 1 heterocycles. The van der Waals surface area contributed by atoms with Gasteiger partial charge in [0.25, 0.3) is 0 Å². The Balaban J connectivity index is 2.58. The van der Waals surface area contributed by atoms with Crippen LogP contribution in [0.15, 0.2) is 6.20 Å². The van der Waals surface area contributed by atoms with Crippen LogP contribution in [0, 0.1) is 0 Å². The van der Waals surface area contributed by atoms with Crippen LogP contribution in [0.4, 0.5) is 5.69 Å². The summed E-state index contributed by atoms with van der Waals surface area (Å²) in [5, 5.41) is 3.96. The zero-order valence-electron chi connectivity index (χ0n) is 7.78. The van der Waals surface area contributed by atoms with Crippen molar-refractivity contribution in [2.75, 3.05) is 12.8 Å². The summed E-state index contributed by atoms with van der Waals surface area (Å²) in [6, 6.07) is 0. The van der Waals surface area contributed by atoms with E-state index in [0.717, 1.165) is 5.69 Å². The van der Waals surface area contributed by atoms with Crippen molar-refractivity contribution >= 4 is 11.7 Å². The number of nitrogens with two attached hydrogens (primary N) is 1. The van der Waals surface area contributed by atoms with Gasteiger partial charge in [-0.2, -0.15) is 5.10 Å². The molecule has 0 spiro atoms. The molecule has 5 heteroatoms. The van der Waals surface area contributed by atoms with Gasteiger partial charge in [-0.3, -0.25) is 9.48 Å². The molecule has 1 rings (SSSR count). The van der Waals surface area contributed by atoms with Crippen molar-refractivity contribution in [1.82, 2.24) is 9.78 Å². The molecule has 13 heavy (non-hydrogen) atoms. The second kappa shape index (κ2) is 3.93. The SMILES string of the molecule is COC(=O)CCc1c(N)cnn1C. The molecular formula is C8H13N3O2. The number of carbonyl (C=O) groups is 1. The molecule has 0 unspecified atom stereocenters. The third-order valence-electron chi connectivity index (χ3n) is 1.89. The van der Waals surface area contributed by atoms with E-state index in [0.29, 0.717) is 18.5 Å². The van der Waals surface area contributed by atoms with Gasteiger partial charge in [0.05, 0.1) is 31.1 Å². The van der Waals surface area contributed by atoms with Crippen LogP contribution in [0.25, 0.3) is 0 Å². The lowest BCUT2D eigenvalue weighted by Crippen LogP contribution is -2.06. The first-order valence-electron chi connectivity index (χ1n) is 3.98. The molecule has 0 aliphatic rings. The summed E-state index contributed by atoms with van der Waals surface area (Å²) < 4.78 is 6.18. The first-order valence-corrected chi connectivity index (χ1v) is 3.98. The van der Waals surface area contributed by atoms with Crippen LogP contribution >= 0.6 is 0 Å². The minimum absolute atomic E-state index is 0.236. The van der Waals surface area contributed by atoms with Gasteiger partial charge in [-0.15, -0.1) is 0 Å². The standard InChI is InChI=1S/C8H13N3O2/c1-11-7(6(9)5-10-11)3-4-8(12)13-2/h5H,3-4,9H2,1-2H3. The van der Waals surface area contributed by atoms with Gasteiger partial charge in [-0.1, -0.05) is 0 Å². The Morgan fingerprint density at radius 2 is 2.46 bits per heavy atom. The molecule has 0 saturated carbocycles. The molecule has 0 fully saturated rings. The van der Waals surface area contributed by atoms with Crippen molar-refractivity contribution in [3.05, 3.63) is 11.9 Å². The maximum Gasteiger partial charge on any atom is 0.305 e. The monoisotopic (exact) mass is 183 g/mol. The Morgan fingerprint density at radius 1 is 1.77 bits per heavy atom. The molecule has 0 radical (unpaired) electrons. The highest BCUT2D eigenvalue weighted by atomic mass is 16.5. The molecule has 1 aromatic heterocycles. The average Bonchev–Trinajstić information content (AvgIpc) is 2.43. The second-order valence-corrected chi connectivity index (χ2v) is 2.75. The minimum Gasteiger partial charge on any atom is -0.469 e. The summed E-state index contributed by atoms with van der Waals surface area (Å²) in [5.74, 6) is -0.236. The van der Waals surface area contributed by atoms with Gasteiger partial charge in [-0.25, -0.2) is 0 Å². The second-order valence-electron chi connectivity index (χ2n) is 2.75. The van der Waals surface area contributed by atoms with Gasteiger partial charge in [0.1, 0.15) is 0 Å². The zero-order chi connectivity index (χ0) is 9.84. The average molecular weight is 183 g/mol. The molecule has 0 saturated heterocycles. The van der Waals surface area contributed by atoms with Crippen molar-refractivity contribution in [2.24, 2.45) is 7.05 Å². The number of ether oxygens (including phenoxy) is 1. The van der Waals surface area contributed by atoms with E-state index in [2.05, 4.69) is 9.84 Å². The molecule has 0 amide bonds. The zero-order valence-corrected chi connectivity index (χ0v) is 7.78. The third-order valence-corrected chi connectivity index (χ3v) is 1.89. The van der Waals surface area contributed by atoms with Crippen molar-refractivity contribution < 1.29 is 9.53 Å². The highest BCUT2D eigenvalue weighted by molar-refractivity contribution is 5.69. The first-order chi connectivity index (χ1) is 6.15. The molecule has 0 bridgehead atoms. The quantitative estimate of drug-likeness (QED) is 0.675. The number of anilines is 1. The van der Waals surface area contributed by atoms with Crippen LogP contribution in [0.2, 0.25) is 0 Å². The molecule has 72 valence electrons. The normalized spacial score (nSPS) is 10.0. The predicted molar refractivity (Wildman–Crippen MR) is 48.0 cm³/mol. The highest BCUT2D eigenvalue weighted by Gasteiger charge is 2.07. The van der Waals surface area contributed by atoms with Crippen molar-refractivity contribution in [1.29, 1.82) is 0 Å². The summed E-state index contributed by atoms with van der Waals surface area (Å²) in [5.41, 5.74) is 7.12. The van der Waals surface area contributed by atoms with E-state index in [1.807, 2.05) is 0 Å². The Labute approximate surface area is 76.5 Å².